The Hall–Kier alpha value is -1.55. The van der Waals surface area contributed by atoms with E-state index in [1.165, 1.54) is 4.90 Å². The van der Waals surface area contributed by atoms with Crippen LogP contribution in [-0.2, 0) is 4.79 Å². The van der Waals surface area contributed by atoms with Gasteiger partial charge in [0.15, 0.2) is 6.61 Å². The van der Waals surface area contributed by atoms with Crippen LogP contribution in [0.3, 0.4) is 0 Å². The second-order valence-electron chi connectivity index (χ2n) is 7.81. The molecule has 0 bridgehead atoms. The highest BCUT2D eigenvalue weighted by Gasteiger charge is 2.22. The third-order valence-electron chi connectivity index (χ3n) is 3.75. The summed E-state index contributed by atoms with van der Waals surface area (Å²) in [6.07, 6.45) is 0. The fourth-order valence-electron chi connectivity index (χ4n) is 2.80. The third-order valence-corrected chi connectivity index (χ3v) is 3.75. The highest BCUT2D eigenvalue weighted by Crippen LogP contribution is 2.27. The molecule has 0 heterocycles. The number of carbonyl (C=O) groups excluding carboxylic acids is 1. The summed E-state index contributed by atoms with van der Waals surface area (Å²) in [5, 5.41) is 2.98. The van der Waals surface area contributed by atoms with Gasteiger partial charge in [-0.25, -0.2) is 0 Å². The van der Waals surface area contributed by atoms with Crippen molar-refractivity contribution in [2.75, 3.05) is 33.8 Å². The summed E-state index contributed by atoms with van der Waals surface area (Å²) in [5.41, 5.74) is 2.35. The molecule has 1 aromatic rings. The van der Waals surface area contributed by atoms with E-state index in [4.69, 9.17) is 4.74 Å². The average molecular weight is 321 g/mol. The molecule has 0 aliphatic heterocycles. The fraction of sp³-hybridized carbons (Fsp3) is 0.632. The van der Waals surface area contributed by atoms with Crippen molar-refractivity contribution in [2.45, 2.75) is 40.5 Å². The summed E-state index contributed by atoms with van der Waals surface area (Å²) in [4.78, 5) is 13.4. The van der Waals surface area contributed by atoms with E-state index in [0.717, 1.165) is 23.4 Å². The van der Waals surface area contributed by atoms with Gasteiger partial charge in [-0.2, -0.15) is 0 Å². The molecule has 0 saturated carbocycles. The monoisotopic (exact) mass is 321 g/mol. The number of amides is 1. The molecule has 0 atom stereocenters. The first-order valence-corrected chi connectivity index (χ1v) is 8.40. The number of ether oxygens (including phenoxy) is 1. The van der Waals surface area contributed by atoms with E-state index < -0.39 is 0 Å². The normalized spacial score (nSPS) is 11.9. The first kappa shape index (κ1) is 19.5. The van der Waals surface area contributed by atoms with Crippen LogP contribution in [-0.4, -0.2) is 39.7 Å². The Bertz CT molecular complexity index is 522. The molecular weight excluding hydrogens is 288 g/mol. The predicted molar refractivity (Wildman–Crippen MR) is 95.2 cm³/mol. The summed E-state index contributed by atoms with van der Waals surface area (Å²) in [6, 6.07) is 6.16. The zero-order valence-corrected chi connectivity index (χ0v) is 15.7. The number of hydrogen-bond donors (Lipinski definition) is 2. The van der Waals surface area contributed by atoms with Gasteiger partial charge < -0.3 is 15.0 Å². The Morgan fingerprint density at radius 1 is 1.30 bits per heavy atom. The summed E-state index contributed by atoms with van der Waals surface area (Å²) >= 11 is 0. The fourth-order valence-corrected chi connectivity index (χ4v) is 2.80. The molecule has 0 spiro atoms. The SMILES string of the molecule is Cc1ccc(C(C)C)c(OCC(=O)NCC(C)(C)C[NH+](C)C)c1. The van der Waals surface area contributed by atoms with Gasteiger partial charge in [0, 0.05) is 12.0 Å². The molecule has 0 aliphatic rings. The van der Waals surface area contributed by atoms with Gasteiger partial charge in [-0.1, -0.05) is 39.8 Å². The molecule has 130 valence electrons. The van der Waals surface area contributed by atoms with Crippen LogP contribution in [0.4, 0.5) is 0 Å². The number of benzene rings is 1. The number of aryl methyl sites for hydroxylation is 1. The molecule has 0 fully saturated rings. The van der Waals surface area contributed by atoms with Crippen molar-refractivity contribution in [1.29, 1.82) is 0 Å². The van der Waals surface area contributed by atoms with Gasteiger partial charge in [0.25, 0.3) is 5.91 Å². The average Bonchev–Trinajstić information content (AvgIpc) is 2.41. The summed E-state index contributed by atoms with van der Waals surface area (Å²) in [5.74, 6) is 1.12. The van der Waals surface area contributed by atoms with Crippen LogP contribution in [0.1, 0.15) is 44.7 Å². The lowest BCUT2D eigenvalue weighted by atomic mass is 9.93. The van der Waals surface area contributed by atoms with Gasteiger partial charge in [0.2, 0.25) is 0 Å². The Morgan fingerprint density at radius 3 is 2.52 bits per heavy atom. The van der Waals surface area contributed by atoms with Crippen molar-refractivity contribution in [1.82, 2.24) is 5.32 Å². The molecule has 1 rings (SSSR count). The lowest BCUT2D eigenvalue weighted by molar-refractivity contribution is -0.865. The standard InChI is InChI=1S/C19H32N2O2/c1-14(2)16-9-8-15(3)10-17(16)23-11-18(22)20-12-19(4,5)13-21(6)7/h8-10,14H,11-13H2,1-7H3,(H,20,22)/p+1. The smallest absolute Gasteiger partial charge is 0.257 e. The van der Waals surface area contributed by atoms with Crippen LogP contribution in [0.15, 0.2) is 18.2 Å². The largest absolute Gasteiger partial charge is 0.483 e. The Kier molecular flexibility index (Phi) is 7.07. The van der Waals surface area contributed by atoms with E-state index in [2.05, 4.69) is 59.2 Å². The van der Waals surface area contributed by atoms with Crippen molar-refractivity contribution >= 4 is 5.91 Å². The minimum atomic E-state index is -0.0666. The van der Waals surface area contributed by atoms with Crippen LogP contribution in [0.2, 0.25) is 0 Å². The van der Waals surface area contributed by atoms with Crippen LogP contribution in [0.5, 0.6) is 5.75 Å². The first-order valence-electron chi connectivity index (χ1n) is 8.40. The molecule has 1 amide bonds. The van der Waals surface area contributed by atoms with Crippen molar-refractivity contribution in [2.24, 2.45) is 5.41 Å². The maximum Gasteiger partial charge on any atom is 0.257 e. The zero-order valence-electron chi connectivity index (χ0n) is 15.7. The highest BCUT2D eigenvalue weighted by molar-refractivity contribution is 5.77. The van der Waals surface area contributed by atoms with E-state index in [0.29, 0.717) is 12.5 Å². The molecule has 0 aromatic heterocycles. The molecule has 0 unspecified atom stereocenters. The van der Waals surface area contributed by atoms with Crippen molar-refractivity contribution in [3.8, 4) is 5.75 Å². The quantitative estimate of drug-likeness (QED) is 0.766. The lowest BCUT2D eigenvalue weighted by Gasteiger charge is -2.26. The van der Waals surface area contributed by atoms with Gasteiger partial charge in [-0.3, -0.25) is 4.79 Å². The number of carbonyl (C=O) groups is 1. The van der Waals surface area contributed by atoms with E-state index in [-0.39, 0.29) is 17.9 Å². The van der Waals surface area contributed by atoms with Gasteiger partial charge >= 0.3 is 0 Å². The summed E-state index contributed by atoms with van der Waals surface area (Å²) < 4.78 is 5.77. The predicted octanol–water partition coefficient (Wildman–Crippen LogP) is 1.78. The van der Waals surface area contributed by atoms with Crippen LogP contribution >= 0.6 is 0 Å². The zero-order chi connectivity index (χ0) is 17.6. The topological polar surface area (TPSA) is 42.8 Å². The van der Waals surface area contributed by atoms with Crippen LogP contribution in [0, 0.1) is 12.3 Å². The summed E-state index contributed by atoms with van der Waals surface area (Å²) in [6.45, 7) is 12.3. The maximum absolute atomic E-state index is 12.1. The molecular formula is C19H33N2O2+. The first-order chi connectivity index (χ1) is 10.6. The Morgan fingerprint density at radius 2 is 1.96 bits per heavy atom. The maximum atomic E-state index is 12.1. The Balaban J connectivity index is 2.55. The molecule has 4 heteroatoms. The molecule has 23 heavy (non-hydrogen) atoms. The highest BCUT2D eigenvalue weighted by atomic mass is 16.5. The Labute approximate surface area is 141 Å². The third kappa shape index (κ3) is 7.04. The van der Waals surface area contributed by atoms with E-state index in [9.17, 15) is 4.79 Å². The van der Waals surface area contributed by atoms with Gasteiger partial charge in [0.1, 0.15) is 5.75 Å². The molecule has 0 saturated heterocycles. The summed E-state index contributed by atoms with van der Waals surface area (Å²) in [7, 11) is 4.25. The van der Waals surface area contributed by atoms with E-state index >= 15 is 0 Å². The van der Waals surface area contributed by atoms with Gasteiger partial charge in [0.05, 0.1) is 20.6 Å². The van der Waals surface area contributed by atoms with Crippen LogP contribution < -0.4 is 15.0 Å². The molecule has 1 aromatic carbocycles. The second-order valence-corrected chi connectivity index (χ2v) is 7.81. The molecule has 4 nitrogen and oxygen atoms in total. The van der Waals surface area contributed by atoms with E-state index in [1.54, 1.807) is 0 Å². The number of nitrogens with one attached hydrogen (secondary N) is 2. The van der Waals surface area contributed by atoms with Crippen molar-refractivity contribution < 1.29 is 14.4 Å². The van der Waals surface area contributed by atoms with Gasteiger partial charge in [-0.05, 0) is 30.0 Å². The number of quaternary nitrogens is 1. The van der Waals surface area contributed by atoms with Gasteiger partial charge in [-0.15, -0.1) is 0 Å². The van der Waals surface area contributed by atoms with Crippen LogP contribution in [0.25, 0.3) is 0 Å². The molecule has 2 N–H and O–H groups in total. The minimum absolute atomic E-state index is 0.0636. The molecule has 0 aliphatic carbocycles. The lowest BCUT2D eigenvalue weighted by Crippen LogP contribution is -3.07. The second kappa shape index (κ2) is 8.34. The number of rotatable bonds is 8. The minimum Gasteiger partial charge on any atom is -0.483 e. The van der Waals surface area contributed by atoms with Crippen molar-refractivity contribution in [3.63, 3.8) is 0 Å². The van der Waals surface area contributed by atoms with Crippen molar-refractivity contribution in [3.05, 3.63) is 29.3 Å². The molecule has 0 radical (unpaired) electrons. The number of hydrogen-bond acceptors (Lipinski definition) is 2. The van der Waals surface area contributed by atoms with E-state index in [1.807, 2.05) is 13.0 Å².